The molecule has 0 heterocycles. The van der Waals surface area contributed by atoms with Crippen molar-refractivity contribution in [3.05, 3.63) is 53.1 Å². The highest BCUT2D eigenvalue weighted by Gasteiger charge is 2.09. The molecule has 0 bridgehead atoms. The molecule has 0 unspecified atom stereocenters. The third kappa shape index (κ3) is 3.74. The number of phenols is 1. The van der Waals surface area contributed by atoms with Crippen molar-refractivity contribution in [1.29, 1.82) is 0 Å². The van der Waals surface area contributed by atoms with Crippen LogP contribution in [0.2, 0.25) is 5.02 Å². The van der Waals surface area contributed by atoms with Gasteiger partial charge in [-0.2, -0.15) is 8.78 Å². The van der Waals surface area contributed by atoms with Crippen LogP contribution in [-0.4, -0.2) is 11.7 Å². The lowest BCUT2D eigenvalue weighted by Crippen LogP contribution is -2.07. The van der Waals surface area contributed by atoms with E-state index in [1.165, 1.54) is 12.1 Å². The van der Waals surface area contributed by atoms with Crippen LogP contribution in [-0.2, 0) is 6.54 Å². The lowest BCUT2D eigenvalue weighted by molar-refractivity contribution is -0.0504. The van der Waals surface area contributed by atoms with Crippen LogP contribution in [0.4, 0.5) is 14.5 Å². The van der Waals surface area contributed by atoms with E-state index in [0.29, 0.717) is 17.8 Å². The van der Waals surface area contributed by atoms with Gasteiger partial charge in [-0.3, -0.25) is 0 Å². The number of ether oxygens (including phenoxy) is 1. The lowest BCUT2D eigenvalue weighted by atomic mass is 10.2. The summed E-state index contributed by atoms with van der Waals surface area (Å²) in [4.78, 5) is 0. The van der Waals surface area contributed by atoms with E-state index >= 15 is 0 Å². The van der Waals surface area contributed by atoms with Gasteiger partial charge in [-0.25, -0.2) is 0 Å². The van der Waals surface area contributed by atoms with Crippen molar-refractivity contribution in [3.63, 3.8) is 0 Å². The summed E-state index contributed by atoms with van der Waals surface area (Å²) in [6.45, 7) is -2.57. The van der Waals surface area contributed by atoms with Crippen LogP contribution < -0.4 is 10.1 Å². The molecule has 6 heteroatoms. The van der Waals surface area contributed by atoms with Crippen LogP contribution in [0.5, 0.6) is 11.5 Å². The maximum atomic E-state index is 12.3. The van der Waals surface area contributed by atoms with E-state index < -0.39 is 6.61 Å². The van der Waals surface area contributed by atoms with Crippen molar-refractivity contribution < 1.29 is 18.6 Å². The first kappa shape index (κ1) is 14.4. The number of halogens is 3. The molecule has 2 aromatic rings. The minimum Gasteiger partial charge on any atom is -0.506 e. The van der Waals surface area contributed by atoms with E-state index in [1.807, 2.05) is 0 Å². The first-order valence-electron chi connectivity index (χ1n) is 5.81. The maximum absolute atomic E-state index is 12.3. The number of hydrogen-bond donors (Lipinski definition) is 2. The fraction of sp³-hybridized carbons (Fsp3) is 0.143. The Morgan fingerprint density at radius 3 is 2.65 bits per heavy atom. The van der Waals surface area contributed by atoms with E-state index in [0.717, 1.165) is 0 Å². The number of benzene rings is 2. The van der Waals surface area contributed by atoms with Crippen LogP contribution in [0.25, 0.3) is 0 Å². The zero-order valence-electron chi connectivity index (χ0n) is 10.3. The predicted molar refractivity (Wildman–Crippen MR) is 73.5 cm³/mol. The number of aromatic hydroxyl groups is 1. The minimum atomic E-state index is -2.86. The number of alkyl halides is 2. The molecular formula is C14H12ClF2NO2. The average molecular weight is 300 g/mol. The van der Waals surface area contributed by atoms with Gasteiger partial charge in [0.2, 0.25) is 0 Å². The Morgan fingerprint density at radius 1 is 1.20 bits per heavy atom. The van der Waals surface area contributed by atoms with Gasteiger partial charge in [-0.1, -0.05) is 29.8 Å². The van der Waals surface area contributed by atoms with E-state index in [9.17, 15) is 13.9 Å². The van der Waals surface area contributed by atoms with Gasteiger partial charge in [-0.15, -0.1) is 0 Å². The van der Waals surface area contributed by atoms with Gasteiger partial charge in [0.1, 0.15) is 11.5 Å². The van der Waals surface area contributed by atoms with Crippen molar-refractivity contribution in [2.75, 3.05) is 5.32 Å². The fourth-order valence-corrected chi connectivity index (χ4v) is 1.86. The SMILES string of the molecule is Oc1ccc(NCc2ccccc2OC(F)F)cc1Cl. The zero-order valence-corrected chi connectivity index (χ0v) is 11.1. The Labute approximate surface area is 119 Å². The molecule has 0 saturated carbocycles. The normalized spacial score (nSPS) is 10.6. The molecule has 0 aliphatic rings. The molecule has 0 aliphatic carbocycles. The second-order valence-corrected chi connectivity index (χ2v) is 4.41. The van der Waals surface area contributed by atoms with E-state index in [-0.39, 0.29) is 16.5 Å². The van der Waals surface area contributed by atoms with E-state index in [2.05, 4.69) is 10.1 Å². The summed E-state index contributed by atoms with van der Waals surface area (Å²) in [5.74, 6) is 0.110. The number of anilines is 1. The monoisotopic (exact) mass is 299 g/mol. The van der Waals surface area contributed by atoms with Crippen molar-refractivity contribution in [1.82, 2.24) is 0 Å². The Morgan fingerprint density at radius 2 is 1.95 bits per heavy atom. The smallest absolute Gasteiger partial charge is 0.387 e. The molecule has 0 fully saturated rings. The molecule has 0 atom stereocenters. The van der Waals surface area contributed by atoms with Crippen LogP contribution in [0, 0.1) is 0 Å². The molecular weight excluding hydrogens is 288 g/mol. The second kappa shape index (κ2) is 6.43. The molecule has 2 aromatic carbocycles. The molecule has 0 aromatic heterocycles. The summed E-state index contributed by atoms with van der Waals surface area (Å²) >= 11 is 5.78. The summed E-state index contributed by atoms with van der Waals surface area (Å²) in [6.07, 6.45) is 0. The van der Waals surface area contributed by atoms with Crippen molar-refractivity contribution in [2.45, 2.75) is 13.2 Å². The Bertz CT molecular complexity index is 593. The molecule has 0 aliphatic heterocycles. The van der Waals surface area contributed by atoms with Crippen LogP contribution >= 0.6 is 11.6 Å². The van der Waals surface area contributed by atoms with Crippen LogP contribution in [0.15, 0.2) is 42.5 Å². The highest BCUT2D eigenvalue weighted by atomic mass is 35.5. The van der Waals surface area contributed by atoms with Gasteiger partial charge >= 0.3 is 6.61 Å². The van der Waals surface area contributed by atoms with Gasteiger partial charge in [-0.05, 0) is 24.3 Å². The summed E-state index contributed by atoms with van der Waals surface area (Å²) in [7, 11) is 0. The van der Waals surface area contributed by atoms with Gasteiger partial charge in [0, 0.05) is 17.8 Å². The van der Waals surface area contributed by atoms with E-state index in [1.54, 1.807) is 30.3 Å². The highest BCUT2D eigenvalue weighted by molar-refractivity contribution is 6.32. The number of rotatable bonds is 5. The summed E-state index contributed by atoms with van der Waals surface area (Å²) < 4.78 is 29.0. The Kier molecular flexibility index (Phi) is 4.63. The summed E-state index contributed by atoms with van der Waals surface area (Å²) in [5, 5.41) is 12.5. The molecule has 0 amide bonds. The largest absolute Gasteiger partial charge is 0.506 e. The maximum Gasteiger partial charge on any atom is 0.387 e. The summed E-state index contributed by atoms with van der Waals surface area (Å²) in [5.41, 5.74) is 1.26. The number of phenolic OH excluding ortho intramolecular Hbond substituents is 1. The highest BCUT2D eigenvalue weighted by Crippen LogP contribution is 2.27. The Balaban J connectivity index is 2.08. The van der Waals surface area contributed by atoms with Crippen LogP contribution in [0.1, 0.15) is 5.56 Å². The topological polar surface area (TPSA) is 41.5 Å². The molecule has 2 rings (SSSR count). The van der Waals surface area contributed by atoms with Gasteiger partial charge in [0.05, 0.1) is 5.02 Å². The molecule has 106 valence electrons. The van der Waals surface area contributed by atoms with Gasteiger partial charge < -0.3 is 15.2 Å². The molecule has 0 spiro atoms. The standard InChI is InChI=1S/C14H12ClF2NO2/c15-11-7-10(5-6-12(11)19)18-8-9-3-1-2-4-13(9)20-14(16)17/h1-7,14,18-19H,8H2. The summed E-state index contributed by atoms with van der Waals surface area (Å²) in [6, 6.07) is 11.2. The lowest BCUT2D eigenvalue weighted by Gasteiger charge is -2.12. The van der Waals surface area contributed by atoms with Crippen molar-refractivity contribution in [3.8, 4) is 11.5 Å². The Hall–Kier alpha value is -2.01. The third-order valence-electron chi connectivity index (χ3n) is 2.62. The first-order chi connectivity index (χ1) is 9.56. The molecule has 20 heavy (non-hydrogen) atoms. The van der Waals surface area contributed by atoms with Gasteiger partial charge in [0.15, 0.2) is 0 Å². The minimum absolute atomic E-state index is 0.0151. The average Bonchev–Trinajstić information content (AvgIpc) is 2.41. The molecule has 0 radical (unpaired) electrons. The number of para-hydroxylation sites is 1. The quantitative estimate of drug-likeness (QED) is 0.811. The number of hydrogen-bond acceptors (Lipinski definition) is 3. The molecule has 2 N–H and O–H groups in total. The number of nitrogens with one attached hydrogen (secondary N) is 1. The van der Waals surface area contributed by atoms with Crippen molar-refractivity contribution in [2.24, 2.45) is 0 Å². The van der Waals surface area contributed by atoms with Crippen LogP contribution in [0.3, 0.4) is 0 Å². The van der Waals surface area contributed by atoms with Gasteiger partial charge in [0.25, 0.3) is 0 Å². The first-order valence-corrected chi connectivity index (χ1v) is 6.19. The second-order valence-electron chi connectivity index (χ2n) is 4.01. The molecule has 0 saturated heterocycles. The van der Waals surface area contributed by atoms with Crippen molar-refractivity contribution >= 4 is 17.3 Å². The molecule has 3 nitrogen and oxygen atoms in total. The third-order valence-corrected chi connectivity index (χ3v) is 2.92. The fourth-order valence-electron chi connectivity index (χ4n) is 1.67. The van der Waals surface area contributed by atoms with E-state index in [4.69, 9.17) is 11.6 Å². The zero-order chi connectivity index (χ0) is 14.5. The predicted octanol–water partition coefficient (Wildman–Crippen LogP) is 4.26.